The molecule has 2 rings (SSSR count). The van der Waals surface area contributed by atoms with Gasteiger partial charge in [-0.15, -0.1) is 0 Å². The maximum atomic E-state index is 11.4. The molecule has 1 N–H and O–H groups in total. The number of hydrogen-bond acceptors (Lipinski definition) is 3. The van der Waals surface area contributed by atoms with E-state index in [1.807, 2.05) is 0 Å². The number of carbonyl (C=O) groups is 2. The van der Waals surface area contributed by atoms with E-state index in [1.54, 1.807) is 18.2 Å². The number of carbonyl (C=O) groups excluding carboxylic acids is 2. The summed E-state index contributed by atoms with van der Waals surface area (Å²) in [5.74, 6) is -0.0434. The highest BCUT2D eigenvalue weighted by Gasteiger charge is 2.26. The second kappa shape index (κ2) is 4.35. The van der Waals surface area contributed by atoms with Crippen molar-refractivity contribution in [3.63, 3.8) is 0 Å². The Morgan fingerprint density at radius 1 is 1.19 bits per heavy atom. The molecule has 1 aromatic rings. The van der Waals surface area contributed by atoms with E-state index in [-0.39, 0.29) is 11.8 Å². The van der Waals surface area contributed by atoms with Gasteiger partial charge in [0.25, 0.3) is 11.8 Å². The maximum Gasteiger partial charge on any atom is 0.259 e. The van der Waals surface area contributed by atoms with Gasteiger partial charge in [-0.2, -0.15) is 0 Å². The fraction of sp³-hybridized carbons (Fsp3) is 0.333. The van der Waals surface area contributed by atoms with Crippen LogP contribution in [0.25, 0.3) is 0 Å². The Kier molecular flexibility index (Phi) is 2.90. The number of amides is 2. The van der Waals surface area contributed by atoms with Crippen molar-refractivity contribution in [1.29, 1.82) is 0 Å². The molecule has 4 nitrogen and oxygen atoms in total. The first-order chi connectivity index (χ1) is 7.72. The topological polar surface area (TPSA) is 55.4 Å². The summed E-state index contributed by atoms with van der Waals surface area (Å²) in [6.07, 6.45) is 2.03. The fourth-order valence-electron chi connectivity index (χ4n) is 1.57. The van der Waals surface area contributed by atoms with Crippen LogP contribution in [0.1, 0.15) is 40.5 Å². The second-order valence-corrected chi connectivity index (χ2v) is 3.69. The highest BCUT2D eigenvalue weighted by atomic mass is 16.5. The molecular weight excluding hydrogens is 206 g/mol. The van der Waals surface area contributed by atoms with Crippen molar-refractivity contribution in [3.05, 3.63) is 29.3 Å². The van der Waals surface area contributed by atoms with E-state index >= 15 is 0 Å². The van der Waals surface area contributed by atoms with Crippen molar-refractivity contribution in [1.82, 2.24) is 5.32 Å². The monoisotopic (exact) mass is 219 g/mol. The zero-order valence-electron chi connectivity index (χ0n) is 9.08. The second-order valence-electron chi connectivity index (χ2n) is 3.69. The normalized spacial score (nSPS) is 13.6. The molecule has 4 heteroatoms. The van der Waals surface area contributed by atoms with Gasteiger partial charge >= 0.3 is 0 Å². The molecule has 0 radical (unpaired) electrons. The van der Waals surface area contributed by atoms with Crippen LogP contribution in [-0.4, -0.2) is 18.4 Å². The van der Waals surface area contributed by atoms with Crippen molar-refractivity contribution in [2.24, 2.45) is 0 Å². The number of rotatable bonds is 4. The van der Waals surface area contributed by atoms with Gasteiger partial charge in [0, 0.05) is 0 Å². The van der Waals surface area contributed by atoms with Gasteiger partial charge in [0.2, 0.25) is 0 Å². The predicted octanol–water partition coefficient (Wildman–Crippen LogP) is 1.75. The molecule has 84 valence electrons. The molecule has 0 bridgehead atoms. The van der Waals surface area contributed by atoms with Gasteiger partial charge in [0.15, 0.2) is 0 Å². The smallest absolute Gasteiger partial charge is 0.259 e. The summed E-state index contributed by atoms with van der Waals surface area (Å²) in [5, 5.41) is 2.24. The van der Waals surface area contributed by atoms with Crippen LogP contribution in [0.2, 0.25) is 0 Å². The quantitative estimate of drug-likeness (QED) is 0.620. The number of benzene rings is 1. The molecule has 0 saturated carbocycles. The lowest BCUT2D eigenvalue weighted by Gasteiger charge is -2.05. The molecule has 0 fully saturated rings. The van der Waals surface area contributed by atoms with Crippen LogP contribution in [-0.2, 0) is 0 Å². The van der Waals surface area contributed by atoms with Crippen LogP contribution < -0.4 is 10.1 Å². The van der Waals surface area contributed by atoms with E-state index < -0.39 is 0 Å². The zero-order valence-corrected chi connectivity index (χ0v) is 9.08. The summed E-state index contributed by atoms with van der Waals surface area (Å²) >= 11 is 0. The molecule has 1 aromatic carbocycles. The lowest BCUT2D eigenvalue weighted by Crippen LogP contribution is -2.19. The number of unbranched alkanes of at least 4 members (excludes halogenated alkanes) is 1. The molecular formula is C12H13NO3. The molecule has 1 heterocycles. The molecule has 1 aliphatic heterocycles. The van der Waals surface area contributed by atoms with Gasteiger partial charge in [-0.1, -0.05) is 13.3 Å². The number of ether oxygens (including phenoxy) is 1. The van der Waals surface area contributed by atoms with Gasteiger partial charge in [-0.05, 0) is 24.6 Å². The minimum atomic E-state index is -0.346. The van der Waals surface area contributed by atoms with E-state index in [1.165, 1.54) is 0 Å². The lowest BCUT2D eigenvalue weighted by atomic mass is 10.1. The van der Waals surface area contributed by atoms with Crippen LogP contribution in [0.3, 0.4) is 0 Å². The molecule has 0 atom stereocenters. The van der Waals surface area contributed by atoms with Gasteiger partial charge < -0.3 is 4.74 Å². The Balaban J connectivity index is 2.16. The van der Waals surface area contributed by atoms with Crippen molar-refractivity contribution in [2.45, 2.75) is 19.8 Å². The summed E-state index contributed by atoms with van der Waals surface area (Å²) in [5.41, 5.74) is 0.826. The fourth-order valence-corrected chi connectivity index (χ4v) is 1.57. The van der Waals surface area contributed by atoms with Crippen molar-refractivity contribution in [2.75, 3.05) is 6.61 Å². The number of fused-ring (bicyclic) bond motifs is 1. The molecule has 0 saturated heterocycles. The van der Waals surface area contributed by atoms with Gasteiger partial charge in [-0.3, -0.25) is 14.9 Å². The van der Waals surface area contributed by atoms with Crippen molar-refractivity contribution < 1.29 is 14.3 Å². The third-order valence-corrected chi connectivity index (χ3v) is 2.47. The first-order valence-corrected chi connectivity index (χ1v) is 5.35. The molecule has 0 aliphatic carbocycles. The van der Waals surface area contributed by atoms with E-state index in [9.17, 15) is 9.59 Å². The highest BCUT2D eigenvalue weighted by Crippen LogP contribution is 2.21. The minimum Gasteiger partial charge on any atom is -0.494 e. The third kappa shape index (κ3) is 1.91. The first kappa shape index (κ1) is 10.7. The van der Waals surface area contributed by atoms with Crippen LogP contribution in [0.4, 0.5) is 0 Å². The summed E-state index contributed by atoms with van der Waals surface area (Å²) in [7, 11) is 0. The molecule has 0 spiro atoms. The molecule has 16 heavy (non-hydrogen) atoms. The average molecular weight is 219 g/mol. The number of nitrogens with one attached hydrogen (secondary N) is 1. The molecule has 0 unspecified atom stereocenters. The minimum absolute atomic E-state index is 0.333. The van der Waals surface area contributed by atoms with Gasteiger partial charge in [0.05, 0.1) is 17.7 Å². The van der Waals surface area contributed by atoms with E-state index in [0.29, 0.717) is 23.5 Å². The number of hydrogen-bond donors (Lipinski definition) is 1. The summed E-state index contributed by atoms with van der Waals surface area (Å²) in [6.45, 7) is 2.71. The van der Waals surface area contributed by atoms with E-state index in [2.05, 4.69) is 12.2 Å². The van der Waals surface area contributed by atoms with Crippen LogP contribution in [0.15, 0.2) is 18.2 Å². The third-order valence-electron chi connectivity index (χ3n) is 2.47. The first-order valence-electron chi connectivity index (χ1n) is 5.35. The Morgan fingerprint density at radius 3 is 2.69 bits per heavy atom. The predicted molar refractivity (Wildman–Crippen MR) is 58.6 cm³/mol. The SMILES string of the molecule is CCCCOc1ccc2c(c1)C(=O)NC2=O. The van der Waals surface area contributed by atoms with Crippen molar-refractivity contribution >= 4 is 11.8 Å². The largest absolute Gasteiger partial charge is 0.494 e. The van der Waals surface area contributed by atoms with Crippen LogP contribution >= 0.6 is 0 Å². The Bertz CT molecular complexity index is 440. The van der Waals surface area contributed by atoms with Crippen LogP contribution in [0.5, 0.6) is 5.75 Å². The Labute approximate surface area is 93.6 Å². The Morgan fingerprint density at radius 2 is 1.94 bits per heavy atom. The van der Waals surface area contributed by atoms with E-state index in [0.717, 1.165) is 12.8 Å². The number of imide groups is 1. The van der Waals surface area contributed by atoms with Gasteiger partial charge in [0.1, 0.15) is 5.75 Å². The average Bonchev–Trinajstić information content (AvgIpc) is 2.55. The molecule has 0 aromatic heterocycles. The van der Waals surface area contributed by atoms with Crippen molar-refractivity contribution in [3.8, 4) is 5.75 Å². The van der Waals surface area contributed by atoms with Gasteiger partial charge in [-0.25, -0.2) is 0 Å². The zero-order chi connectivity index (χ0) is 11.5. The standard InChI is InChI=1S/C12H13NO3/c1-2-3-6-16-8-4-5-9-10(7-8)12(15)13-11(9)14/h4-5,7H,2-3,6H2,1H3,(H,13,14,15). The summed E-state index contributed by atoms with van der Waals surface area (Å²) < 4.78 is 5.46. The Hall–Kier alpha value is -1.84. The maximum absolute atomic E-state index is 11.4. The van der Waals surface area contributed by atoms with E-state index in [4.69, 9.17) is 4.74 Å². The molecule has 2 amide bonds. The lowest BCUT2D eigenvalue weighted by molar-refractivity contribution is 0.0879. The highest BCUT2D eigenvalue weighted by molar-refractivity contribution is 6.21. The summed E-state index contributed by atoms with van der Waals surface area (Å²) in [4.78, 5) is 22.6. The summed E-state index contributed by atoms with van der Waals surface area (Å²) in [6, 6.07) is 4.95. The van der Waals surface area contributed by atoms with Crippen LogP contribution in [0, 0.1) is 0 Å². The molecule has 1 aliphatic rings.